The van der Waals surface area contributed by atoms with Crippen molar-refractivity contribution in [3.05, 3.63) is 53.3 Å². The number of anilines is 1. The van der Waals surface area contributed by atoms with Gasteiger partial charge in [-0.1, -0.05) is 18.2 Å². The number of para-hydroxylation sites is 1. The molecule has 1 heterocycles. The van der Waals surface area contributed by atoms with Crippen molar-refractivity contribution in [2.75, 3.05) is 5.32 Å². The summed E-state index contributed by atoms with van der Waals surface area (Å²) < 4.78 is 2.07. The summed E-state index contributed by atoms with van der Waals surface area (Å²) in [5.74, 6) is 0. The van der Waals surface area contributed by atoms with E-state index in [4.69, 9.17) is 0 Å². The summed E-state index contributed by atoms with van der Waals surface area (Å²) in [5, 5.41) is 3.50. The van der Waals surface area contributed by atoms with Crippen molar-refractivity contribution in [3.63, 3.8) is 0 Å². The highest BCUT2D eigenvalue weighted by Crippen LogP contribution is 2.20. The Morgan fingerprint density at radius 3 is 2.38 bits per heavy atom. The molecule has 2 rings (SSSR count). The second-order valence-electron chi connectivity index (χ2n) is 4.31. The zero-order valence-electron chi connectivity index (χ0n) is 10.1. The van der Waals surface area contributed by atoms with Crippen molar-refractivity contribution < 1.29 is 0 Å². The average molecular weight is 214 g/mol. The van der Waals surface area contributed by atoms with Gasteiger partial charge in [-0.25, -0.2) is 0 Å². The Hall–Kier alpha value is -1.70. The first kappa shape index (κ1) is 10.8. The fourth-order valence-corrected chi connectivity index (χ4v) is 1.95. The van der Waals surface area contributed by atoms with E-state index in [1.807, 2.05) is 7.05 Å². The van der Waals surface area contributed by atoms with Gasteiger partial charge in [-0.05, 0) is 36.6 Å². The van der Waals surface area contributed by atoms with Gasteiger partial charge < -0.3 is 9.88 Å². The van der Waals surface area contributed by atoms with Gasteiger partial charge in [-0.2, -0.15) is 0 Å². The van der Waals surface area contributed by atoms with Crippen LogP contribution in [-0.2, 0) is 13.6 Å². The molecule has 0 radical (unpaired) electrons. The highest BCUT2D eigenvalue weighted by molar-refractivity contribution is 5.56. The third-order valence-corrected chi connectivity index (χ3v) is 2.84. The highest BCUT2D eigenvalue weighted by Gasteiger charge is 2.01. The molecule has 0 bridgehead atoms. The number of aromatic nitrogens is 1. The maximum atomic E-state index is 3.50. The smallest absolute Gasteiger partial charge is 0.0416 e. The molecule has 0 aliphatic heterocycles. The van der Waals surface area contributed by atoms with Gasteiger partial charge in [-0.15, -0.1) is 0 Å². The van der Waals surface area contributed by atoms with Gasteiger partial charge in [0.15, 0.2) is 0 Å². The van der Waals surface area contributed by atoms with Crippen LogP contribution >= 0.6 is 0 Å². The van der Waals surface area contributed by atoms with E-state index in [0.717, 1.165) is 6.54 Å². The van der Waals surface area contributed by atoms with Crippen LogP contribution in [0.25, 0.3) is 0 Å². The first-order valence-corrected chi connectivity index (χ1v) is 5.58. The zero-order valence-corrected chi connectivity index (χ0v) is 10.1. The molecule has 2 aromatic rings. The highest BCUT2D eigenvalue weighted by atomic mass is 14.9. The lowest BCUT2D eigenvalue weighted by Gasteiger charge is -2.11. The molecule has 0 aliphatic carbocycles. The lowest BCUT2D eigenvalue weighted by Crippen LogP contribution is -2.02. The standard InChI is InChI=1S/C14H18N2/c1-11-5-4-6-12(2)14(11)15-9-13-7-8-16(3)10-13/h4-8,10,15H,9H2,1-3H3. The fraction of sp³-hybridized carbons (Fsp3) is 0.286. The topological polar surface area (TPSA) is 17.0 Å². The van der Waals surface area contributed by atoms with Gasteiger partial charge in [0.1, 0.15) is 0 Å². The molecular weight excluding hydrogens is 196 g/mol. The summed E-state index contributed by atoms with van der Waals surface area (Å²) >= 11 is 0. The van der Waals surface area contributed by atoms with E-state index < -0.39 is 0 Å². The molecular formula is C14H18N2. The SMILES string of the molecule is Cc1cccc(C)c1NCc1ccn(C)c1. The van der Waals surface area contributed by atoms with Crippen LogP contribution in [0.1, 0.15) is 16.7 Å². The summed E-state index contributed by atoms with van der Waals surface area (Å²) in [6.45, 7) is 5.16. The molecule has 0 aliphatic rings. The van der Waals surface area contributed by atoms with E-state index in [1.54, 1.807) is 0 Å². The third-order valence-electron chi connectivity index (χ3n) is 2.84. The largest absolute Gasteiger partial charge is 0.380 e. The molecule has 1 aromatic carbocycles. The number of nitrogens with one attached hydrogen (secondary N) is 1. The second kappa shape index (κ2) is 4.44. The van der Waals surface area contributed by atoms with Crippen LogP contribution in [0, 0.1) is 13.8 Å². The number of rotatable bonds is 3. The normalized spacial score (nSPS) is 10.4. The van der Waals surface area contributed by atoms with Crippen LogP contribution in [0.15, 0.2) is 36.7 Å². The Kier molecular flexibility index (Phi) is 3.00. The molecule has 0 spiro atoms. The Morgan fingerprint density at radius 1 is 1.12 bits per heavy atom. The van der Waals surface area contributed by atoms with Crippen molar-refractivity contribution in [3.8, 4) is 0 Å². The van der Waals surface area contributed by atoms with Crippen LogP contribution in [0.5, 0.6) is 0 Å². The fourth-order valence-electron chi connectivity index (χ4n) is 1.95. The summed E-state index contributed by atoms with van der Waals surface area (Å²) in [4.78, 5) is 0. The molecule has 0 unspecified atom stereocenters. The summed E-state index contributed by atoms with van der Waals surface area (Å²) in [7, 11) is 2.04. The number of nitrogens with zero attached hydrogens (tertiary/aromatic N) is 1. The molecule has 0 saturated heterocycles. The van der Waals surface area contributed by atoms with Gasteiger partial charge in [-0.3, -0.25) is 0 Å². The van der Waals surface area contributed by atoms with Crippen LogP contribution in [0.3, 0.4) is 0 Å². The third kappa shape index (κ3) is 2.27. The van der Waals surface area contributed by atoms with Crippen LogP contribution in [0.4, 0.5) is 5.69 Å². The van der Waals surface area contributed by atoms with Crippen molar-refractivity contribution in [2.24, 2.45) is 7.05 Å². The van der Waals surface area contributed by atoms with E-state index in [-0.39, 0.29) is 0 Å². The first-order chi connectivity index (χ1) is 7.66. The minimum atomic E-state index is 0.881. The van der Waals surface area contributed by atoms with Gasteiger partial charge in [0, 0.05) is 31.7 Å². The molecule has 2 nitrogen and oxygen atoms in total. The van der Waals surface area contributed by atoms with Crippen molar-refractivity contribution >= 4 is 5.69 Å². The van der Waals surface area contributed by atoms with Crippen molar-refractivity contribution in [1.29, 1.82) is 0 Å². The molecule has 1 N–H and O–H groups in total. The molecule has 0 saturated carbocycles. The van der Waals surface area contributed by atoms with Crippen LogP contribution < -0.4 is 5.32 Å². The van der Waals surface area contributed by atoms with Gasteiger partial charge in [0.25, 0.3) is 0 Å². The Labute approximate surface area is 96.9 Å². The van der Waals surface area contributed by atoms with E-state index in [9.17, 15) is 0 Å². The number of hydrogen-bond donors (Lipinski definition) is 1. The molecule has 84 valence electrons. The summed E-state index contributed by atoms with van der Waals surface area (Å²) in [6, 6.07) is 8.51. The second-order valence-corrected chi connectivity index (χ2v) is 4.31. The van der Waals surface area contributed by atoms with E-state index in [0.29, 0.717) is 0 Å². The van der Waals surface area contributed by atoms with Gasteiger partial charge >= 0.3 is 0 Å². The zero-order chi connectivity index (χ0) is 11.5. The van der Waals surface area contributed by atoms with Gasteiger partial charge in [0.05, 0.1) is 0 Å². The van der Waals surface area contributed by atoms with E-state index >= 15 is 0 Å². The quantitative estimate of drug-likeness (QED) is 0.830. The number of hydrogen-bond acceptors (Lipinski definition) is 1. The van der Waals surface area contributed by atoms with E-state index in [1.165, 1.54) is 22.4 Å². The lowest BCUT2D eigenvalue weighted by atomic mass is 10.1. The molecule has 0 amide bonds. The number of benzene rings is 1. The summed E-state index contributed by atoms with van der Waals surface area (Å²) in [6.07, 6.45) is 4.21. The molecule has 16 heavy (non-hydrogen) atoms. The maximum Gasteiger partial charge on any atom is 0.0416 e. The van der Waals surface area contributed by atoms with Gasteiger partial charge in [0.2, 0.25) is 0 Å². The molecule has 0 fully saturated rings. The number of aryl methyl sites for hydroxylation is 3. The van der Waals surface area contributed by atoms with Crippen molar-refractivity contribution in [2.45, 2.75) is 20.4 Å². The van der Waals surface area contributed by atoms with Crippen LogP contribution in [0.2, 0.25) is 0 Å². The predicted octanol–water partition coefficient (Wildman–Crippen LogP) is 3.25. The monoisotopic (exact) mass is 214 g/mol. The maximum absolute atomic E-state index is 3.50. The lowest BCUT2D eigenvalue weighted by molar-refractivity contribution is 0.920. The molecule has 2 heteroatoms. The van der Waals surface area contributed by atoms with Crippen LogP contribution in [-0.4, -0.2) is 4.57 Å². The van der Waals surface area contributed by atoms with Crippen molar-refractivity contribution in [1.82, 2.24) is 4.57 Å². The Bertz CT molecular complexity index is 463. The Balaban J connectivity index is 2.10. The summed E-state index contributed by atoms with van der Waals surface area (Å²) in [5.41, 5.74) is 5.17. The minimum absolute atomic E-state index is 0.881. The first-order valence-electron chi connectivity index (χ1n) is 5.58. The molecule has 0 atom stereocenters. The Morgan fingerprint density at radius 2 is 1.81 bits per heavy atom. The predicted molar refractivity (Wildman–Crippen MR) is 68.7 cm³/mol. The minimum Gasteiger partial charge on any atom is -0.380 e. The average Bonchev–Trinajstić information content (AvgIpc) is 2.63. The van der Waals surface area contributed by atoms with E-state index in [2.05, 4.69) is 60.4 Å². The molecule has 1 aromatic heterocycles.